The number of carbonyl (C=O) groups is 1. The zero-order valence-electron chi connectivity index (χ0n) is 14.1. The highest BCUT2D eigenvalue weighted by molar-refractivity contribution is 7.99. The lowest BCUT2D eigenvalue weighted by molar-refractivity contribution is -0.125. The second-order valence-corrected chi connectivity index (χ2v) is 6.57. The topological polar surface area (TPSA) is 60.5 Å². The molecule has 2 rings (SSSR count). The minimum absolute atomic E-state index is 0.269. The fourth-order valence-corrected chi connectivity index (χ4v) is 2.49. The quantitative estimate of drug-likeness (QED) is 0.645. The molecule has 2 aromatic rings. The van der Waals surface area contributed by atoms with Crippen molar-refractivity contribution < 1.29 is 14.3 Å². The number of thioether (sulfide) groups is 1. The molecule has 0 saturated carbocycles. The number of terminal acetylenes is 1. The molecule has 0 aliphatic rings. The first kappa shape index (κ1) is 18.0. The van der Waals surface area contributed by atoms with Gasteiger partial charge in [0.1, 0.15) is 11.5 Å². The van der Waals surface area contributed by atoms with Gasteiger partial charge in [0.25, 0.3) is 5.91 Å². The second-order valence-electron chi connectivity index (χ2n) is 5.67. The van der Waals surface area contributed by atoms with E-state index in [0.29, 0.717) is 11.5 Å². The molecule has 1 atom stereocenters. The molecule has 5 nitrogen and oxygen atoms in total. The highest BCUT2D eigenvalue weighted by Crippen LogP contribution is 2.25. The molecule has 0 radical (unpaired) electrons. The van der Waals surface area contributed by atoms with Gasteiger partial charge in [-0.25, -0.2) is 0 Å². The van der Waals surface area contributed by atoms with Crippen molar-refractivity contribution in [2.45, 2.75) is 24.8 Å². The van der Waals surface area contributed by atoms with Crippen LogP contribution in [-0.2, 0) is 4.79 Å². The maximum atomic E-state index is 12.3. The Morgan fingerprint density at radius 3 is 2.71 bits per heavy atom. The Morgan fingerprint density at radius 1 is 1.38 bits per heavy atom. The fourth-order valence-electron chi connectivity index (χ4n) is 2.01. The molecule has 126 valence electrons. The third kappa shape index (κ3) is 4.33. The van der Waals surface area contributed by atoms with E-state index in [-0.39, 0.29) is 5.91 Å². The predicted octanol–water partition coefficient (Wildman–Crippen LogP) is 2.84. The summed E-state index contributed by atoms with van der Waals surface area (Å²) < 4.78 is 11.0. The van der Waals surface area contributed by atoms with Crippen LogP contribution in [0.4, 0.5) is 0 Å². The van der Waals surface area contributed by atoms with Gasteiger partial charge in [-0.1, -0.05) is 5.92 Å². The van der Waals surface area contributed by atoms with E-state index in [1.807, 2.05) is 18.2 Å². The Morgan fingerprint density at radius 2 is 2.08 bits per heavy atom. The summed E-state index contributed by atoms with van der Waals surface area (Å²) in [4.78, 5) is 16.6. The Hall–Kier alpha value is -2.39. The van der Waals surface area contributed by atoms with Crippen LogP contribution >= 0.6 is 11.8 Å². The van der Waals surface area contributed by atoms with E-state index >= 15 is 0 Å². The molecule has 1 aromatic carbocycles. The highest BCUT2D eigenvalue weighted by Gasteiger charge is 2.25. The number of ether oxygens (including phenoxy) is 2. The van der Waals surface area contributed by atoms with Gasteiger partial charge < -0.3 is 14.8 Å². The molecule has 0 spiro atoms. The smallest absolute Gasteiger partial charge is 0.272 e. The van der Waals surface area contributed by atoms with Crippen LogP contribution < -0.4 is 14.8 Å². The molecule has 1 N–H and O–H groups in total. The summed E-state index contributed by atoms with van der Waals surface area (Å²) in [6.45, 7) is 3.52. The van der Waals surface area contributed by atoms with Gasteiger partial charge in [-0.2, -0.15) is 0 Å². The summed E-state index contributed by atoms with van der Waals surface area (Å²) >= 11 is 1.29. The minimum atomic E-state index is -0.727. The molecular weight excluding hydrogens is 324 g/mol. The van der Waals surface area contributed by atoms with E-state index in [1.165, 1.54) is 11.8 Å². The average Bonchev–Trinajstić information content (AvgIpc) is 2.58. The van der Waals surface area contributed by atoms with Crippen molar-refractivity contribution in [1.82, 2.24) is 10.3 Å². The number of nitrogens with one attached hydrogen (secondary N) is 1. The summed E-state index contributed by atoms with van der Waals surface area (Å²) in [6.07, 6.45) is 8.87. The molecule has 24 heavy (non-hydrogen) atoms. The molecule has 1 aromatic heterocycles. The minimum Gasteiger partial charge on any atom is -0.495 e. The third-order valence-electron chi connectivity index (χ3n) is 3.33. The van der Waals surface area contributed by atoms with E-state index in [4.69, 9.17) is 15.9 Å². The van der Waals surface area contributed by atoms with Gasteiger partial charge >= 0.3 is 0 Å². The SMILES string of the molecule is C#CC(C)(C)NC(=O)C(Oc1ccc2ncc(OC)cc2c1)SC. The summed E-state index contributed by atoms with van der Waals surface area (Å²) in [5.41, 5.74) is -0.606. The van der Waals surface area contributed by atoms with E-state index in [9.17, 15) is 4.79 Å². The Labute approximate surface area is 146 Å². The Kier molecular flexibility index (Phi) is 5.58. The Bertz CT molecular complexity index is 783. The number of nitrogens with zero attached hydrogens (tertiary/aromatic N) is 1. The van der Waals surface area contributed by atoms with Gasteiger partial charge in [-0.05, 0) is 44.4 Å². The summed E-state index contributed by atoms with van der Waals surface area (Å²) in [5.74, 6) is 3.50. The number of benzene rings is 1. The average molecular weight is 344 g/mol. The number of aromatic nitrogens is 1. The van der Waals surface area contributed by atoms with E-state index in [1.54, 1.807) is 39.5 Å². The van der Waals surface area contributed by atoms with Gasteiger partial charge in [-0.3, -0.25) is 9.78 Å². The van der Waals surface area contributed by atoms with E-state index in [2.05, 4.69) is 16.2 Å². The second kappa shape index (κ2) is 7.45. The Balaban J connectivity index is 2.20. The van der Waals surface area contributed by atoms with Gasteiger partial charge in [0, 0.05) is 5.39 Å². The summed E-state index contributed by atoms with van der Waals surface area (Å²) in [6, 6.07) is 7.31. The molecule has 1 amide bonds. The van der Waals surface area contributed by atoms with Gasteiger partial charge in [0.05, 0.1) is 24.4 Å². The molecule has 1 unspecified atom stereocenters. The first-order valence-corrected chi connectivity index (χ1v) is 8.60. The molecule has 0 aliphatic heterocycles. The first-order valence-electron chi connectivity index (χ1n) is 7.31. The van der Waals surface area contributed by atoms with Crippen molar-refractivity contribution in [3.8, 4) is 23.8 Å². The van der Waals surface area contributed by atoms with Crippen molar-refractivity contribution in [2.75, 3.05) is 13.4 Å². The maximum Gasteiger partial charge on any atom is 0.272 e. The molecule has 0 aliphatic carbocycles. The first-order chi connectivity index (χ1) is 11.4. The lowest BCUT2D eigenvalue weighted by Gasteiger charge is -2.23. The van der Waals surface area contributed by atoms with Crippen molar-refractivity contribution in [3.05, 3.63) is 30.5 Å². The molecule has 0 bridgehead atoms. The normalized spacial score (nSPS) is 12.3. The van der Waals surface area contributed by atoms with Crippen LogP contribution in [-0.4, -0.2) is 35.2 Å². The highest BCUT2D eigenvalue weighted by atomic mass is 32.2. The zero-order valence-corrected chi connectivity index (χ0v) is 14.9. The standard InChI is InChI=1S/C18H20N2O3S/c1-6-18(2,3)20-16(21)17(24-5)23-13-7-8-15-12(9-13)10-14(22-4)11-19-15/h1,7-11,17H,2-5H3,(H,20,21). The van der Waals surface area contributed by atoms with E-state index < -0.39 is 11.0 Å². The molecular formula is C18H20N2O3S. The van der Waals surface area contributed by atoms with Crippen molar-refractivity contribution in [2.24, 2.45) is 0 Å². The molecule has 1 heterocycles. The van der Waals surface area contributed by atoms with Gasteiger partial charge in [0.15, 0.2) is 0 Å². The largest absolute Gasteiger partial charge is 0.495 e. The predicted molar refractivity (Wildman–Crippen MR) is 97.3 cm³/mol. The van der Waals surface area contributed by atoms with Crippen molar-refractivity contribution in [1.29, 1.82) is 0 Å². The number of fused-ring (bicyclic) bond motifs is 1. The van der Waals surface area contributed by atoms with E-state index in [0.717, 1.165) is 10.9 Å². The molecule has 0 fully saturated rings. The summed E-state index contributed by atoms with van der Waals surface area (Å²) in [5, 5.41) is 3.65. The number of carbonyl (C=O) groups excluding carboxylic acids is 1. The number of methoxy groups -OCH3 is 1. The fraction of sp³-hybridized carbons (Fsp3) is 0.333. The summed E-state index contributed by atoms with van der Waals surface area (Å²) in [7, 11) is 1.59. The maximum absolute atomic E-state index is 12.3. The van der Waals surface area contributed by atoms with Crippen LogP contribution in [0.2, 0.25) is 0 Å². The molecule has 6 heteroatoms. The molecule has 0 saturated heterocycles. The zero-order chi connectivity index (χ0) is 17.7. The monoisotopic (exact) mass is 344 g/mol. The number of hydrogen-bond acceptors (Lipinski definition) is 5. The number of amides is 1. The number of rotatable bonds is 6. The number of hydrogen-bond donors (Lipinski definition) is 1. The van der Waals surface area contributed by atoms with Crippen LogP contribution in [0.25, 0.3) is 10.9 Å². The lowest BCUT2D eigenvalue weighted by Crippen LogP contribution is -2.47. The van der Waals surface area contributed by atoms with Crippen LogP contribution in [0, 0.1) is 12.3 Å². The van der Waals surface area contributed by atoms with Crippen LogP contribution in [0.1, 0.15) is 13.8 Å². The van der Waals surface area contributed by atoms with Gasteiger partial charge in [-0.15, -0.1) is 18.2 Å². The van der Waals surface area contributed by atoms with Crippen molar-refractivity contribution in [3.63, 3.8) is 0 Å². The van der Waals surface area contributed by atoms with Crippen molar-refractivity contribution >= 4 is 28.6 Å². The van der Waals surface area contributed by atoms with Crippen LogP contribution in [0.3, 0.4) is 0 Å². The van der Waals surface area contributed by atoms with Crippen LogP contribution in [0.5, 0.6) is 11.5 Å². The van der Waals surface area contributed by atoms with Gasteiger partial charge in [0.2, 0.25) is 5.44 Å². The number of pyridine rings is 1. The lowest BCUT2D eigenvalue weighted by atomic mass is 10.1. The third-order valence-corrected chi connectivity index (χ3v) is 4.07. The van der Waals surface area contributed by atoms with Crippen LogP contribution in [0.15, 0.2) is 30.5 Å².